The molecule has 1 aliphatic carbocycles. The van der Waals surface area contributed by atoms with Crippen LogP contribution in [0.5, 0.6) is 0 Å². The minimum Gasteiger partial charge on any atom is -0.381 e. The highest BCUT2D eigenvalue weighted by molar-refractivity contribution is 5.63. The molecule has 6 nitrogen and oxygen atoms in total. The van der Waals surface area contributed by atoms with E-state index in [9.17, 15) is 13.2 Å². The van der Waals surface area contributed by atoms with Gasteiger partial charge >= 0.3 is 6.18 Å². The van der Waals surface area contributed by atoms with Crippen LogP contribution in [-0.4, -0.2) is 58.9 Å². The van der Waals surface area contributed by atoms with E-state index < -0.39 is 18.2 Å². The summed E-state index contributed by atoms with van der Waals surface area (Å²) >= 11 is 0. The standard InChI is InChI=1S/C23H28F3N5O/c24-23(25,26)20-5-6-27-10-19(20)21-3-4-22(30-29-21)28-18-8-16-12-31(13-17(16)9-18)11-15-2-1-7-32-14-15/h3-6,10,15-18H,1-2,7-9,11-14H2,(H,28,30)/t15-,16?,17?,18?/m1/s1/i11D2. The van der Waals surface area contributed by atoms with Crippen molar-refractivity contribution in [2.45, 2.75) is 37.9 Å². The van der Waals surface area contributed by atoms with Crippen LogP contribution < -0.4 is 5.32 Å². The van der Waals surface area contributed by atoms with Gasteiger partial charge in [0.05, 0.1) is 17.9 Å². The zero-order valence-electron chi connectivity index (χ0n) is 19.7. The Morgan fingerprint density at radius 3 is 2.62 bits per heavy atom. The molecule has 2 aromatic heterocycles. The van der Waals surface area contributed by atoms with Crippen molar-refractivity contribution in [1.29, 1.82) is 0 Å². The Morgan fingerprint density at radius 1 is 1.16 bits per heavy atom. The zero-order chi connectivity index (χ0) is 23.9. The lowest BCUT2D eigenvalue weighted by molar-refractivity contribution is -0.137. The van der Waals surface area contributed by atoms with Gasteiger partial charge in [0, 0.05) is 52.9 Å². The predicted molar refractivity (Wildman–Crippen MR) is 114 cm³/mol. The molecule has 0 spiro atoms. The summed E-state index contributed by atoms with van der Waals surface area (Å²) in [7, 11) is 0. The number of anilines is 1. The average molecular weight is 450 g/mol. The first-order chi connectivity index (χ1) is 16.2. The lowest BCUT2D eigenvalue weighted by Crippen LogP contribution is -2.33. The number of likely N-dealkylation sites (tertiary alicyclic amines) is 1. The molecule has 3 atom stereocenters. The third kappa shape index (κ3) is 4.73. The molecule has 0 radical (unpaired) electrons. The van der Waals surface area contributed by atoms with Gasteiger partial charge in [0.1, 0.15) is 5.82 Å². The normalized spacial score (nSPS) is 30.0. The quantitative estimate of drug-likeness (QED) is 0.742. The summed E-state index contributed by atoms with van der Waals surface area (Å²) in [6.45, 7) is 1.33. The van der Waals surface area contributed by atoms with Crippen molar-refractivity contribution in [3.8, 4) is 11.3 Å². The molecule has 5 rings (SSSR count). The number of fused-ring (bicyclic) bond motifs is 1. The van der Waals surface area contributed by atoms with E-state index in [0.29, 0.717) is 24.3 Å². The number of nitrogens with zero attached hydrogens (tertiary/aromatic N) is 4. The summed E-state index contributed by atoms with van der Waals surface area (Å²) in [5.41, 5.74) is -0.758. The van der Waals surface area contributed by atoms with Crippen LogP contribution in [0, 0.1) is 17.8 Å². The Bertz CT molecular complexity index is 987. The maximum Gasteiger partial charge on any atom is 0.417 e. The molecule has 172 valence electrons. The highest BCUT2D eigenvalue weighted by atomic mass is 19.4. The van der Waals surface area contributed by atoms with Gasteiger partial charge in [-0.1, -0.05) is 0 Å². The molecule has 0 aromatic carbocycles. The van der Waals surface area contributed by atoms with Crippen LogP contribution in [0.1, 0.15) is 34.0 Å². The van der Waals surface area contributed by atoms with Crippen LogP contribution in [0.4, 0.5) is 19.0 Å². The van der Waals surface area contributed by atoms with E-state index in [-0.39, 0.29) is 23.2 Å². The molecule has 4 heterocycles. The summed E-state index contributed by atoms with van der Waals surface area (Å²) in [5, 5.41) is 11.5. The molecule has 2 unspecified atom stereocenters. The number of aromatic nitrogens is 3. The minimum atomic E-state index is -4.49. The van der Waals surface area contributed by atoms with Crippen molar-refractivity contribution in [3.63, 3.8) is 0 Å². The summed E-state index contributed by atoms with van der Waals surface area (Å²) in [6.07, 6.45) is 1.36. The second-order valence-corrected chi connectivity index (χ2v) is 9.00. The number of alkyl halides is 3. The SMILES string of the molecule is [2H]C([2H])([C@H]1CCCOC1)N1CC2CC(Nc3ccc(-c4cnccc4C(F)(F)F)nn3)CC2C1. The topological polar surface area (TPSA) is 63.2 Å². The van der Waals surface area contributed by atoms with Crippen molar-refractivity contribution in [3.05, 3.63) is 36.2 Å². The van der Waals surface area contributed by atoms with Gasteiger partial charge in [-0.05, 0) is 61.6 Å². The highest BCUT2D eigenvalue weighted by Crippen LogP contribution is 2.40. The van der Waals surface area contributed by atoms with Gasteiger partial charge in [-0.15, -0.1) is 10.2 Å². The Kier molecular flexibility index (Phi) is 5.37. The van der Waals surface area contributed by atoms with Crippen molar-refractivity contribution in [1.82, 2.24) is 20.1 Å². The fourth-order valence-corrected chi connectivity index (χ4v) is 5.23. The third-order valence-electron chi connectivity index (χ3n) is 6.70. The summed E-state index contributed by atoms with van der Waals surface area (Å²) in [4.78, 5) is 5.80. The number of halogens is 3. The van der Waals surface area contributed by atoms with Gasteiger partial charge in [0.25, 0.3) is 0 Å². The van der Waals surface area contributed by atoms with E-state index in [2.05, 4.69) is 20.5 Å². The van der Waals surface area contributed by atoms with Gasteiger partial charge in [0.2, 0.25) is 0 Å². The van der Waals surface area contributed by atoms with Crippen LogP contribution in [0.15, 0.2) is 30.6 Å². The molecule has 9 heteroatoms. The van der Waals surface area contributed by atoms with E-state index in [1.165, 1.54) is 6.07 Å². The highest BCUT2D eigenvalue weighted by Gasteiger charge is 2.41. The molecular weight excluding hydrogens is 419 g/mol. The lowest BCUT2D eigenvalue weighted by atomic mass is 10.0. The number of hydrogen-bond donors (Lipinski definition) is 1. The number of ether oxygens (including phenoxy) is 1. The smallest absolute Gasteiger partial charge is 0.381 e. The molecule has 3 aliphatic rings. The zero-order valence-corrected chi connectivity index (χ0v) is 17.7. The summed E-state index contributed by atoms with van der Waals surface area (Å²) in [6, 6.07) is 4.30. The fraction of sp³-hybridized carbons (Fsp3) is 0.609. The number of nitrogens with one attached hydrogen (secondary N) is 1. The maximum atomic E-state index is 13.3. The van der Waals surface area contributed by atoms with Crippen molar-refractivity contribution >= 4 is 5.82 Å². The first kappa shape index (κ1) is 19.2. The third-order valence-corrected chi connectivity index (χ3v) is 6.70. The Labute approximate surface area is 188 Å². The van der Waals surface area contributed by atoms with E-state index >= 15 is 0 Å². The molecule has 0 bridgehead atoms. The van der Waals surface area contributed by atoms with E-state index in [1.807, 2.05) is 4.90 Å². The lowest BCUT2D eigenvalue weighted by Gasteiger charge is -2.27. The van der Waals surface area contributed by atoms with Gasteiger partial charge < -0.3 is 15.0 Å². The average Bonchev–Trinajstić information content (AvgIpc) is 3.39. The van der Waals surface area contributed by atoms with Gasteiger partial charge in [0.15, 0.2) is 0 Å². The van der Waals surface area contributed by atoms with Gasteiger partial charge in [-0.3, -0.25) is 4.98 Å². The van der Waals surface area contributed by atoms with Gasteiger partial charge in [-0.2, -0.15) is 13.2 Å². The van der Waals surface area contributed by atoms with Gasteiger partial charge in [-0.25, -0.2) is 0 Å². The van der Waals surface area contributed by atoms with Crippen LogP contribution in [0.2, 0.25) is 0 Å². The molecule has 32 heavy (non-hydrogen) atoms. The summed E-state index contributed by atoms with van der Waals surface area (Å²) < 4.78 is 62.7. The minimum absolute atomic E-state index is 0.0829. The first-order valence-electron chi connectivity index (χ1n) is 12.2. The molecule has 0 amide bonds. The Balaban J connectivity index is 1.19. The van der Waals surface area contributed by atoms with Crippen LogP contribution in [0.3, 0.4) is 0 Å². The fourth-order valence-electron chi connectivity index (χ4n) is 5.23. The summed E-state index contributed by atoms with van der Waals surface area (Å²) in [5.74, 6) is 1.27. The second-order valence-electron chi connectivity index (χ2n) is 9.00. The predicted octanol–water partition coefficient (Wildman–Crippen LogP) is 4.11. The second kappa shape index (κ2) is 8.94. The van der Waals surface area contributed by atoms with Crippen LogP contribution in [-0.2, 0) is 10.9 Å². The molecule has 2 saturated heterocycles. The number of hydrogen-bond acceptors (Lipinski definition) is 6. The largest absolute Gasteiger partial charge is 0.417 e. The van der Waals surface area contributed by atoms with Crippen molar-refractivity contribution < 1.29 is 20.6 Å². The molecule has 1 N–H and O–H groups in total. The first-order valence-corrected chi connectivity index (χ1v) is 11.2. The number of rotatable bonds is 5. The molecule has 3 fully saturated rings. The molecule has 2 aromatic rings. The Morgan fingerprint density at radius 2 is 1.97 bits per heavy atom. The van der Waals surface area contributed by atoms with Crippen LogP contribution in [0.25, 0.3) is 11.3 Å². The maximum absolute atomic E-state index is 13.3. The molecule has 2 aliphatic heterocycles. The molecular formula is C23H28F3N5O. The monoisotopic (exact) mass is 449 g/mol. The Hall–Kier alpha value is -2.26. The molecule has 1 saturated carbocycles. The number of pyridine rings is 1. The van der Waals surface area contributed by atoms with Crippen molar-refractivity contribution in [2.24, 2.45) is 17.8 Å². The van der Waals surface area contributed by atoms with E-state index in [4.69, 9.17) is 7.48 Å². The van der Waals surface area contributed by atoms with E-state index in [1.54, 1.807) is 6.07 Å². The van der Waals surface area contributed by atoms with Crippen LogP contribution >= 0.6 is 0 Å². The van der Waals surface area contributed by atoms with Crippen molar-refractivity contribution in [2.75, 3.05) is 38.1 Å². The van der Waals surface area contributed by atoms with E-state index in [0.717, 1.165) is 63.8 Å².